The van der Waals surface area contributed by atoms with Crippen LogP contribution in [-0.4, -0.2) is 36.1 Å². The molecule has 1 saturated carbocycles. The second-order valence-electron chi connectivity index (χ2n) is 6.47. The van der Waals surface area contributed by atoms with Crippen LogP contribution in [0.5, 0.6) is 11.5 Å². The predicted octanol–water partition coefficient (Wildman–Crippen LogP) is 2.46. The molecule has 2 amide bonds. The monoisotopic (exact) mass is 369 g/mol. The highest BCUT2D eigenvalue weighted by Gasteiger charge is 2.33. The number of rotatable bonds is 4. The van der Waals surface area contributed by atoms with Crippen LogP contribution in [0.15, 0.2) is 24.4 Å². The van der Waals surface area contributed by atoms with Crippen LogP contribution in [0.2, 0.25) is 0 Å². The molecule has 1 aromatic heterocycles. The molecule has 1 aliphatic heterocycles. The molecule has 4 rings (SSSR count). The first-order chi connectivity index (χ1) is 13.0. The van der Waals surface area contributed by atoms with E-state index in [1.165, 1.54) is 20.3 Å². The van der Waals surface area contributed by atoms with E-state index in [1.807, 2.05) is 0 Å². The number of hydroxylamine groups is 1. The minimum atomic E-state index is -0.354. The summed E-state index contributed by atoms with van der Waals surface area (Å²) >= 11 is 0. The van der Waals surface area contributed by atoms with Gasteiger partial charge in [-0.25, -0.2) is 4.98 Å². The molecule has 2 aromatic rings. The summed E-state index contributed by atoms with van der Waals surface area (Å²) in [7, 11) is 3.00. The second kappa shape index (κ2) is 6.44. The van der Waals surface area contributed by atoms with Gasteiger partial charge in [0.05, 0.1) is 11.3 Å². The Kier molecular flexibility index (Phi) is 4.08. The Morgan fingerprint density at radius 3 is 2.78 bits per heavy atom. The minimum absolute atomic E-state index is 0.000422. The molecule has 0 radical (unpaired) electrons. The molecule has 1 fully saturated rings. The van der Waals surface area contributed by atoms with Gasteiger partial charge in [0.2, 0.25) is 5.91 Å². The van der Waals surface area contributed by atoms with Crippen molar-refractivity contribution in [3.63, 3.8) is 0 Å². The van der Waals surface area contributed by atoms with Gasteiger partial charge in [0.15, 0.2) is 17.3 Å². The number of hydrogen-bond donors (Lipinski definition) is 4. The van der Waals surface area contributed by atoms with Gasteiger partial charge in [0.1, 0.15) is 11.4 Å². The van der Waals surface area contributed by atoms with Crippen molar-refractivity contribution in [2.45, 2.75) is 12.8 Å². The van der Waals surface area contributed by atoms with E-state index in [0.717, 1.165) is 17.9 Å². The number of nitrogens with zero attached hydrogens (tertiary/aromatic N) is 2. The number of aromatic nitrogens is 1. The molecule has 0 saturated heterocycles. The van der Waals surface area contributed by atoms with E-state index in [9.17, 15) is 14.8 Å². The fourth-order valence-corrected chi connectivity index (χ4v) is 2.91. The first kappa shape index (κ1) is 17.1. The van der Waals surface area contributed by atoms with Crippen molar-refractivity contribution in [3.05, 3.63) is 30.0 Å². The maximum absolute atomic E-state index is 12.3. The van der Waals surface area contributed by atoms with Gasteiger partial charge in [-0.15, -0.1) is 0 Å². The summed E-state index contributed by atoms with van der Waals surface area (Å²) < 4.78 is 5.98. The number of carbonyl (C=O) groups excluding carboxylic acids is 2. The van der Waals surface area contributed by atoms with Crippen LogP contribution < -0.4 is 25.8 Å². The minimum Gasteiger partial charge on any atom is -0.449 e. The zero-order chi connectivity index (χ0) is 19.1. The number of benzene rings is 1. The van der Waals surface area contributed by atoms with Crippen LogP contribution in [0.4, 0.5) is 22.9 Å². The quantitative estimate of drug-likeness (QED) is 0.522. The van der Waals surface area contributed by atoms with Gasteiger partial charge in [-0.3, -0.25) is 19.9 Å². The van der Waals surface area contributed by atoms with Crippen LogP contribution in [-0.2, 0) is 4.79 Å². The number of anilines is 4. The Hall–Kier alpha value is -3.33. The van der Waals surface area contributed by atoms with E-state index in [4.69, 9.17) is 4.74 Å². The average molecular weight is 369 g/mol. The predicted molar refractivity (Wildman–Crippen MR) is 99.0 cm³/mol. The number of pyridine rings is 1. The van der Waals surface area contributed by atoms with E-state index < -0.39 is 0 Å². The Bertz CT molecular complexity index is 940. The van der Waals surface area contributed by atoms with Crippen molar-refractivity contribution in [1.29, 1.82) is 0 Å². The van der Waals surface area contributed by atoms with Crippen molar-refractivity contribution in [3.8, 4) is 11.5 Å². The maximum atomic E-state index is 12.3. The number of carbonyl (C=O) groups is 2. The van der Waals surface area contributed by atoms with Gasteiger partial charge in [-0.1, -0.05) is 6.07 Å². The molecular formula is C18H19N5O4. The molecule has 0 bridgehead atoms. The first-order valence-electron chi connectivity index (χ1n) is 8.56. The van der Waals surface area contributed by atoms with E-state index in [0.29, 0.717) is 22.8 Å². The molecule has 1 aromatic carbocycles. The Balaban J connectivity index is 1.81. The van der Waals surface area contributed by atoms with Gasteiger partial charge in [-0.2, -0.15) is 0 Å². The van der Waals surface area contributed by atoms with Crippen molar-refractivity contribution < 1.29 is 19.5 Å². The normalized spacial score (nSPS) is 14.2. The van der Waals surface area contributed by atoms with Crippen molar-refractivity contribution in [2.24, 2.45) is 5.92 Å². The lowest BCUT2D eigenvalue weighted by Gasteiger charge is -2.27. The molecule has 2 aliphatic rings. The molecule has 4 N–H and O–H groups in total. The Morgan fingerprint density at radius 2 is 2.11 bits per heavy atom. The Morgan fingerprint density at radius 1 is 1.33 bits per heavy atom. The molecular weight excluding hydrogens is 350 g/mol. The summed E-state index contributed by atoms with van der Waals surface area (Å²) in [6.45, 7) is 0. The summed E-state index contributed by atoms with van der Waals surface area (Å²) in [5.74, 6) is 0.479. The molecule has 9 nitrogen and oxygen atoms in total. The third-order valence-corrected chi connectivity index (χ3v) is 4.51. The van der Waals surface area contributed by atoms with Crippen LogP contribution in [0.3, 0.4) is 0 Å². The molecule has 27 heavy (non-hydrogen) atoms. The highest BCUT2D eigenvalue weighted by molar-refractivity contribution is 6.05. The van der Waals surface area contributed by atoms with E-state index in [2.05, 4.69) is 20.9 Å². The zero-order valence-electron chi connectivity index (χ0n) is 14.9. The van der Waals surface area contributed by atoms with Gasteiger partial charge in [0.25, 0.3) is 5.91 Å². The number of fused-ring (bicyclic) bond motifs is 2. The maximum Gasteiger partial charge on any atom is 0.254 e. The van der Waals surface area contributed by atoms with E-state index in [1.54, 1.807) is 18.2 Å². The highest BCUT2D eigenvalue weighted by atomic mass is 16.5. The topological polar surface area (TPSA) is 116 Å². The Labute approximate surface area is 155 Å². The molecule has 0 unspecified atom stereocenters. The zero-order valence-corrected chi connectivity index (χ0v) is 14.9. The van der Waals surface area contributed by atoms with E-state index >= 15 is 0 Å². The van der Waals surface area contributed by atoms with Gasteiger partial charge in [0, 0.05) is 26.2 Å². The van der Waals surface area contributed by atoms with Gasteiger partial charge >= 0.3 is 0 Å². The van der Waals surface area contributed by atoms with Crippen LogP contribution >= 0.6 is 0 Å². The van der Waals surface area contributed by atoms with Gasteiger partial charge in [-0.05, 0) is 25.0 Å². The summed E-state index contributed by atoms with van der Waals surface area (Å²) in [6, 6.07) is 5.15. The molecule has 9 heteroatoms. The third-order valence-electron chi connectivity index (χ3n) is 4.51. The number of para-hydroxylation sites is 1. The van der Waals surface area contributed by atoms with Crippen molar-refractivity contribution >= 4 is 34.7 Å². The summed E-state index contributed by atoms with van der Waals surface area (Å²) in [4.78, 5) is 28.7. The molecule has 1 aliphatic carbocycles. The molecule has 0 atom stereocenters. The number of amides is 2. The lowest BCUT2D eigenvalue weighted by molar-refractivity contribution is -0.117. The molecule has 140 valence electrons. The number of nitrogens with one attached hydrogen (secondary N) is 3. The fraction of sp³-hybridized carbons (Fsp3) is 0.278. The fourth-order valence-electron chi connectivity index (χ4n) is 2.91. The lowest BCUT2D eigenvalue weighted by atomic mass is 10.1. The van der Waals surface area contributed by atoms with Crippen molar-refractivity contribution in [2.75, 3.05) is 29.8 Å². The summed E-state index contributed by atoms with van der Waals surface area (Å²) in [6.07, 6.45) is 3.10. The average Bonchev–Trinajstić information content (AvgIpc) is 3.51. The standard InChI is InChI=1S/C18H19N5O4/c1-19-18(25)10-8-20-16(22-17(24)9-6-7-9)15-13(10)21-14-11(23(2)26)4-3-5-12(14)27-15/h3-5,8-9,21,26H,6-7H2,1-2H3,(H,19,25)(H,20,22,24). The smallest absolute Gasteiger partial charge is 0.254 e. The number of ether oxygens (including phenoxy) is 1. The molecule has 2 heterocycles. The van der Waals surface area contributed by atoms with Crippen LogP contribution in [0, 0.1) is 5.92 Å². The lowest BCUT2D eigenvalue weighted by Crippen LogP contribution is -2.23. The first-order valence-corrected chi connectivity index (χ1v) is 8.56. The molecule has 0 spiro atoms. The van der Waals surface area contributed by atoms with Gasteiger partial charge < -0.3 is 20.7 Å². The van der Waals surface area contributed by atoms with Crippen LogP contribution in [0.1, 0.15) is 23.2 Å². The summed E-state index contributed by atoms with van der Waals surface area (Å²) in [5, 5.41) is 19.3. The third kappa shape index (κ3) is 3.02. The number of hydrogen-bond acceptors (Lipinski definition) is 7. The largest absolute Gasteiger partial charge is 0.449 e. The summed E-state index contributed by atoms with van der Waals surface area (Å²) in [5.41, 5.74) is 1.61. The van der Waals surface area contributed by atoms with Crippen LogP contribution in [0.25, 0.3) is 0 Å². The second-order valence-corrected chi connectivity index (χ2v) is 6.47. The SMILES string of the molecule is CNC(=O)c1cnc(NC(=O)C2CC2)c2c1Nc1c(cccc1N(C)O)O2. The highest BCUT2D eigenvalue weighted by Crippen LogP contribution is 2.50. The van der Waals surface area contributed by atoms with E-state index in [-0.39, 0.29) is 34.9 Å². The van der Waals surface area contributed by atoms with Crippen molar-refractivity contribution in [1.82, 2.24) is 10.3 Å².